The maximum atomic E-state index is 12.2. The Morgan fingerprint density at radius 3 is 2.47 bits per heavy atom. The highest BCUT2D eigenvalue weighted by Gasteiger charge is 2.32. The molecule has 0 rings (SSSR count). The number of alkyl halides is 3. The van der Waals surface area contributed by atoms with Gasteiger partial charge in [0.25, 0.3) is 0 Å². The van der Waals surface area contributed by atoms with E-state index in [1.807, 2.05) is 0 Å². The van der Waals surface area contributed by atoms with E-state index >= 15 is 0 Å². The molecule has 1 unspecified atom stereocenters. The molecule has 0 bridgehead atoms. The Balaban J connectivity index is 4.33. The van der Waals surface area contributed by atoms with Crippen molar-refractivity contribution in [3.63, 3.8) is 0 Å². The number of methoxy groups -OCH3 is 1. The predicted molar refractivity (Wildman–Crippen MR) is 57.3 cm³/mol. The number of nitrogens with two attached hydrogens (primary N) is 1. The van der Waals surface area contributed by atoms with Gasteiger partial charge in [0.05, 0.1) is 0 Å². The van der Waals surface area contributed by atoms with Crippen LogP contribution in [0.1, 0.15) is 13.3 Å². The minimum absolute atomic E-state index is 0.0144. The number of amides is 1. The van der Waals surface area contributed by atoms with Crippen LogP contribution in [0.3, 0.4) is 0 Å². The molecule has 0 heterocycles. The molecule has 0 radical (unpaired) electrons. The Labute approximate surface area is 98.9 Å². The molecule has 0 saturated carbocycles. The summed E-state index contributed by atoms with van der Waals surface area (Å²) in [7, 11) is 1.48. The summed E-state index contributed by atoms with van der Waals surface area (Å²) >= 11 is 0. The van der Waals surface area contributed by atoms with Gasteiger partial charge in [-0.2, -0.15) is 13.2 Å². The molecule has 0 aromatic heterocycles. The van der Waals surface area contributed by atoms with Gasteiger partial charge in [-0.05, 0) is 5.92 Å². The monoisotopic (exact) mass is 256 g/mol. The van der Waals surface area contributed by atoms with Crippen LogP contribution < -0.4 is 5.73 Å². The Morgan fingerprint density at radius 1 is 1.47 bits per heavy atom. The minimum atomic E-state index is -4.39. The molecular weight excluding hydrogens is 237 g/mol. The van der Waals surface area contributed by atoms with E-state index < -0.39 is 18.6 Å². The summed E-state index contributed by atoms with van der Waals surface area (Å²) in [6.45, 7) is 0.769. The topological polar surface area (TPSA) is 55.6 Å². The lowest BCUT2D eigenvalue weighted by Gasteiger charge is -2.24. The first kappa shape index (κ1) is 16.2. The summed E-state index contributed by atoms with van der Waals surface area (Å²) in [6.07, 6.45) is -4.36. The van der Waals surface area contributed by atoms with Gasteiger partial charge >= 0.3 is 6.18 Å². The average molecular weight is 256 g/mol. The van der Waals surface area contributed by atoms with Crippen LogP contribution in [0.15, 0.2) is 0 Å². The van der Waals surface area contributed by atoms with Crippen molar-refractivity contribution in [2.45, 2.75) is 19.5 Å². The first-order chi connectivity index (χ1) is 7.80. The third kappa shape index (κ3) is 7.98. The van der Waals surface area contributed by atoms with Gasteiger partial charge in [-0.1, -0.05) is 6.92 Å². The van der Waals surface area contributed by atoms with Crippen LogP contribution in [0.25, 0.3) is 0 Å². The fourth-order valence-electron chi connectivity index (χ4n) is 1.43. The molecule has 0 aromatic rings. The molecule has 0 saturated heterocycles. The molecule has 0 fully saturated rings. The molecular formula is C10H19F3N2O2. The third-order valence-electron chi connectivity index (χ3n) is 2.10. The molecule has 2 N–H and O–H groups in total. The number of ether oxygens (including phenoxy) is 1. The van der Waals surface area contributed by atoms with Gasteiger partial charge < -0.3 is 15.4 Å². The SMILES string of the molecule is COCC(C)CC(=O)N(CCN)CC(F)(F)F. The number of nitrogens with zero attached hydrogens (tertiary/aromatic N) is 1. The maximum absolute atomic E-state index is 12.2. The van der Waals surface area contributed by atoms with E-state index in [2.05, 4.69) is 0 Å². The number of rotatable bonds is 7. The highest BCUT2D eigenvalue weighted by molar-refractivity contribution is 5.76. The quantitative estimate of drug-likeness (QED) is 0.739. The summed E-state index contributed by atoms with van der Waals surface area (Å²) < 4.78 is 41.5. The highest BCUT2D eigenvalue weighted by atomic mass is 19.4. The van der Waals surface area contributed by atoms with Crippen LogP contribution in [0.5, 0.6) is 0 Å². The molecule has 1 atom stereocenters. The number of carbonyl (C=O) groups excluding carboxylic acids is 1. The van der Waals surface area contributed by atoms with Gasteiger partial charge in [-0.3, -0.25) is 4.79 Å². The molecule has 0 aromatic carbocycles. The fourth-order valence-corrected chi connectivity index (χ4v) is 1.43. The summed E-state index contributed by atoms with van der Waals surface area (Å²) in [5.41, 5.74) is 5.19. The standard InChI is InChI=1S/C10H19F3N2O2/c1-8(6-17-2)5-9(16)15(4-3-14)7-10(11,12)13/h8H,3-7,14H2,1-2H3. The van der Waals surface area contributed by atoms with E-state index in [9.17, 15) is 18.0 Å². The molecule has 4 nitrogen and oxygen atoms in total. The summed E-state index contributed by atoms with van der Waals surface area (Å²) in [4.78, 5) is 12.4. The lowest BCUT2D eigenvalue weighted by atomic mass is 10.1. The van der Waals surface area contributed by atoms with Crippen LogP contribution in [0.2, 0.25) is 0 Å². The van der Waals surface area contributed by atoms with Crippen molar-refractivity contribution in [1.82, 2.24) is 4.90 Å². The van der Waals surface area contributed by atoms with Crippen molar-refractivity contribution in [3.05, 3.63) is 0 Å². The van der Waals surface area contributed by atoms with E-state index in [1.165, 1.54) is 7.11 Å². The van der Waals surface area contributed by atoms with Crippen LogP contribution in [0, 0.1) is 5.92 Å². The largest absolute Gasteiger partial charge is 0.406 e. The Kier molecular flexibility index (Phi) is 7.13. The molecule has 1 amide bonds. The van der Waals surface area contributed by atoms with Crippen molar-refractivity contribution >= 4 is 5.91 Å². The fraction of sp³-hybridized carbons (Fsp3) is 0.900. The van der Waals surface area contributed by atoms with E-state index in [0.29, 0.717) is 6.61 Å². The molecule has 0 aliphatic carbocycles. The van der Waals surface area contributed by atoms with E-state index in [-0.39, 0.29) is 25.4 Å². The van der Waals surface area contributed by atoms with Gasteiger partial charge in [0, 0.05) is 33.2 Å². The molecule has 7 heteroatoms. The third-order valence-corrected chi connectivity index (χ3v) is 2.10. The maximum Gasteiger partial charge on any atom is 0.406 e. The number of halogens is 3. The Hall–Kier alpha value is -0.820. The number of hydrogen-bond acceptors (Lipinski definition) is 3. The smallest absolute Gasteiger partial charge is 0.384 e. The summed E-state index contributed by atoms with van der Waals surface area (Å²) in [6, 6.07) is 0. The van der Waals surface area contributed by atoms with E-state index in [4.69, 9.17) is 10.5 Å². The minimum Gasteiger partial charge on any atom is -0.384 e. The van der Waals surface area contributed by atoms with Crippen molar-refractivity contribution in [3.8, 4) is 0 Å². The number of hydrogen-bond donors (Lipinski definition) is 1. The molecule has 0 spiro atoms. The predicted octanol–water partition coefficient (Wildman–Crippen LogP) is 1.01. The van der Waals surface area contributed by atoms with Gasteiger partial charge in [0.1, 0.15) is 6.54 Å². The first-order valence-electron chi connectivity index (χ1n) is 5.33. The summed E-state index contributed by atoms with van der Waals surface area (Å²) in [5, 5.41) is 0. The van der Waals surface area contributed by atoms with Crippen molar-refractivity contribution in [2.24, 2.45) is 11.7 Å². The Bertz CT molecular complexity index is 234. The first-order valence-corrected chi connectivity index (χ1v) is 5.33. The van der Waals surface area contributed by atoms with Crippen LogP contribution >= 0.6 is 0 Å². The van der Waals surface area contributed by atoms with Gasteiger partial charge in [0.2, 0.25) is 5.91 Å². The second-order valence-electron chi connectivity index (χ2n) is 3.98. The van der Waals surface area contributed by atoms with Gasteiger partial charge in [0.15, 0.2) is 0 Å². The molecule has 17 heavy (non-hydrogen) atoms. The lowest BCUT2D eigenvalue weighted by Crippen LogP contribution is -2.42. The van der Waals surface area contributed by atoms with Crippen LogP contribution in [-0.2, 0) is 9.53 Å². The van der Waals surface area contributed by atoms with E-state index in [0.717, 1.165) is 4.90 Å². The zero-order valence-corrected chi connectivity index (χ0v) is 10.1. The lowest BCUT2D eigenvalue weighted by molar-refractivity contribution is -0.161. The number of carbonyl (C=O) groups is 1. The van der Waals surface area contributed by atoms with E-state index in [1.54, 1.807) is 6.92 Å². The molecule has 0 aliphatic rings. The highest BCUT2D eigenvalue weighted by Crippen LogP contribution is 2.17. The average Bonchev–Trinajstić information content (AvgIpc) is 2.15. The van der Waals surface area contributed by atoms with Crippen molar-refractivity contribution < 1.29 is 22.7 Å². The molecule has 0 aliphatic heterocycles. The van der Waals surface area contributed by atoms with Crippen LogP contribution in [0.4, 0.5) is 13.2 Å². The normalized spacial score (nSPS) is 13.5. The Morgan fingerprint density at radius 2 is 2.06 bits per heavy atom. The second-order valence-corrected chi connectivity index (χ2v) is 3.98. The molecule has 102 valence electrons. The zero-order valence-electron chi connectivity index (χ0n) is 10.1. The summed E-state index contributed by atoms with van der Waals surface area (Å²) in [5.74, 6) is -0.654. The van der Waals surface area contributed by atoms with Gasteiger partial charge in [-0.25, -0.2) is 0 Å². The second kappa shape index (κ2) is 7.50. The van der Waals surface area contributed by atoms with Gasteiger partial charge in [-0.15, -0.1) is 0 Å². The van der Waals surface area contributed by atoms with Crippen molar-refractivity contribution in [1.29, 1.82) is 0 Å². The van der Waals surface area contributed by atoms with Crippen LogP contribution in [-0.4, -0.2) is 50.3 Å². The zero-order chi connectivity index (χ0) is 13.5. The van der Waals surface area contributed by atoms with Crippen molar-refractivity contribution in [2.75, 3.05) is 33.4 Å².